The zero-order chi connectivity index (χ0) is 14.3. The lowest BCUT2D eigenvalue weighted by molar-refractivity contribution is -0.123. The van der Waals surface area contributed by atoms with Crippen LogP contribution >= 0.6 is 0 Å². The maximum absolute atomic E-state index is 11.9. The summed E-state index contributed by atoms with van der Waals surface area (Å²) in [5.74, 6) is 0.178. The summed E-state index contributed by atoms with van der Waals surface area (Å²) >= 11 is 0. The summed E-state index contributed by atoms with van der Waals surface area (Å²) in [5.41, 5.74) is 4.58. The number of aryl methyl sites for hydroxylation is 1. The smallest absolute Gasteiger partial charge is 0.139 e. The Morgan fingerprint density at radius 1 is 1.45 bits per heavy atom. The minimum atomic E-state index is -0.437. The van der Waals surface area contributed by atoms with Crippen LogP contribution in [0.3, 0.4) is 0 Å². The molecule has 1 N–H and O–H groups in total. The van der Waals surface area contributed by atoms with Crippen molar-refractivity contribution in [1.29, 1.82) is 0 Å². The van der Waals surface area contributed by atoms with Crippen LogP contribution in [0.1, 0.15) is 30.8 Å². The number of allylic oxidation sites excluding steroid dienone is 1. The Kier molecular flexibility index (Phi) is 2.82. The quantitative estimate of drug-likeness (QED) is 0.910. The van der Waals surface area contributed by atoms with Crippen molar-refractivity contribution < 1.29 is 4.79 Å². The van der Waals surface area contributed by atoms with Gasteiger partial charge in [0.15, 0.2) is 0 Å². The molecule has 0 aromatic carbocycles. The molecule has 0 bridgehead atoms. The van der Waals surface area contributed by atoms with Crippen LogP contribution < -0.4 is 0 Å². The predicted octanol–water partition coefficient (Wildman–Crippen LogP) is 2.94. The lowest BCUT2D eigenvalue weighted by Crippen LogP contribution is -2.27. The van der Waals surface area contributed by atoms with Gasteiger partial charge in [0.25, 0.3) is 0 Å². The summed E-state index contributed by atoms with van der Waals surface area (Å²) in [4.78, 5) is 16.1. The minimum Gasteiger partial charge on any atom is -0.299 e. The van der Waals surface area contributed by atoms with Crippen LogP contribution in [0.25, 0.3) is 17.3 Å². The molecule has 4 heteroatoms. The summed E-state index contributed by atoms with van der Waals surface area (Å²) < 4.78 is 0. The van der Waals surface area contributed by atoms with Crippen LogP contribution in [-0.4, -0.2) is 21.0 Å². The number of hydrogen-bond donors (Lipinski definition) is 1. The number of carbonyl (C=O) groups excluding carboxylic acids is 1. The van der Waals surface area contributed by atoms with Crippen molar-refractivity contribution in [2.24, 2.45) is 5.41 Å². The fourth-order valence-corrected chi connectivity index (χ4v) is 2.56. The Hall–Kier alpha value is -2.23. The molecule has 0 saturated heterocycles. The van der Waals surface area contributed by atoms with Crippen LogP contribution in [0.4, 0.5) is 0 Å². The van der Waals surface area contributed by atoms with Crippen LogP contribution in [0, 0.1) is 12.3 Å². The van der Waals surface area contributed by atoms with Crippen LogP contribution in [0.15, 0.2) is 24.4 Å². The molecular formula is C16H17N3O. The first-order valence-electron chi connectivity index (χ1n) is 6.70. The number of aromatic amines is 1. The van der Waals surface area contributed by atoms with Gasteiger partial charge in [-0.25, -0.2) is 0 Å². The number of nitrogens with zero attached hydrogens (tertiary/aromatic N) is 2. The van der Waals surface area contributed by atoms with Gasteiger partial charge in [-0.1, -0.05) is 6.08 Å². The first kappa shape index (κ1) is 12.8. The van der Waals surface area contributed by atoms with E-state index >= 15 is 0 Å². The van der Waals surface area contributed by atoms with Crippen LogP contribution in [0.2, 0.25) is 0 Å². The second-order valence-corrected chi connectivity index (χ2v) is 5.63. The second kappa shape index (κ2) is 4.40. The number of nitrogens with one attached hydrogen (secondary N) is 1. The maximum Gasteiger partial charge on any atom is 0.139 e. The number of ketones is 1. The highest BCUT2D eigenvalue weighted by Crippen LogP contribution is 2.37. The molecule has 2 aromatic heterocycles. The molecule has 0 saturated carbocycles. The summed E-state index contributed by atoms with van der Waals surface area (Å²) in [7, 11) is 0. The van der Waals surface area contributed by atoms with Crippen molar-refractivity contribution in [1.82, 2.24) is 15.2 Å². The molecule has 0 amide bonds. The highest BCUT2D eigenvalue weighted by molar-refractivity contribution is 5.87. The zero-order valence-electron chi connectivity index (χ0n) is 11.9. The number of pyridine rings is 1. The van der Waals surface area contributed by atoms with Gasteiger partial charge in [0.2, 0.25) is 0 Å². The van der Waals surface area contributed by atoms with Crippen molar-refractivity contribution >= 4 is 11.9 Å². The third-order valence-electron chi connectivity index (χ3n) is 4.04. The Morgan fingerprint density at radius 3 is 2.95 bits per heavy atom. The van der Waals surface area contributed by atoms with E-state index in [1.807, 2.05) is 38.1 Å². The van der Waals surface area contributed by atoms with E-state index in [2.05, 4.69) is 15.2 Å². The van der Waals surface area contributed by atoms with E-state index in [1.165, 1.54) is 0 Å². The number of Topliss-reactive ketones (excluding diaryl/α,β-unsaturated/α-hetero) is 1. The van der Waals surface area contributed by atoms with E-state index in [0.29, 0.717) is 6.42 Å². The molecule has 0 radical (unpaired) electrons. The first-order valence-corrected chi connectivity index (χ1v) is 6.70. The van der Waals surface area contributed by atoms with Gasteiger partial charge in [-0.2, -0.15) is 5.10 Å². The molecule has 0 spiro atoms. The third-order valence-corrected chi connectivity index (χ3v) is 4.04. The number of rotatable bonds is 2. The predicted molar refractivity (Wildman–Crippen MR) is 78.1 cm³/mol. The van der Waals surface area contributed by atoms with Crippen molar-refractivity contribution in [3.05, 3.63) is 41.4 Å². The molecule has 1 aliphatic carbocycles. The number of hydrogen-bond acceptors (Lipinski definition) is 3. The molecular weight excluding hydrogens is 250 g/mol. The van der Waals surface area contributed by atoms with Gasteiger partial charge in [-0.05, 0) is 45.4 Å². The third kappa shape index (κ3) is 1.97. The lowest BCUT2D eigenvalue weighted by atomic mass is 9.76. The molecule has 1 atom stereocenters. The van der Waals surface area contributed by atoms with E-state index in [9.17, 15) is 4.79 Å². The van der Waals surface area contributed by atoms with Crippen molar-refractivity contribution in [2.75, 3.05) is 0 Å². The molecule has 20 heavy (non-hydrogen) atoms. The van der Waals surface area contributed by atoms with Gasteiger partial charge in [0.1, 0.15) is 5.78 Å². The average Bonchev–Trinajstić information content (AvgIpc) is 2.81. The zero-order valence-corrected chi connectivity index (χ0v) is 11.9. The first-order chi connectivity index (χ1) is 9.49. The maximum atomic E-state index is 11.9. The Labute approximate surface area is 117 Å². The van der Waals surface area contributed by atoms with E-state index in [-0.39, 0.29) is 5.78 Å². The molecule has 2 heterocycles. The van der Waals surface area contributed by atoms with E-state index in [0.717, 1.165) is 28.2 Å². The van der Waals surface area contributed by atoms with E-state index in [1.54, 1.807) is 13.1 Å². The van der Waals surface area contributed by atoms with Gasteiger partial charge in [-0.15, -0.1) is 0 Å². The van der Waals surface area contributed by atoms with E-state index in [4.69, 9.17) is 0 Å². The minimum absolute atomic E-state index is 0.178. The standard InChI is InChI=1S/C16H17N3O/c1-10-8-12(5-7-17-10)15-13-9-16(3,11(2)20)6-4-14(13)18-19-15/h4-8H,9H2,1-3H3,(H,18,19). The molecule has 102 valence electrons. The van der Waals surface area contributed by atoms with Gasteiger partial charge >= 0.3 is 0 Å². The fraction of sp³-hybridized carbons (Fsp3) is 0.312. The van der Waals surface area contributed by atoms with Crippen LogP contribution in [-0.2, 0) is 11.2 Å². The topological polar surface area (TPSA) is 58.6 Å². The van der Waals surface area contributed by atoms with Gasteiger partial charge in [0.05, 0.1) is 11.4 Å². The number of aromatic nitrogens is 3. The molecule has 0 fully saturated rings. The summed E-state index contributed by atoms with van der Waals surface area (Å²) in [6.07, 6.45) is 6.40. The average molecular weight is 267 g/mol. The normalized spacial score (nSPS) is 20.8. The largest absolute Gasteiger partial charge is 0.299 e. The Balaban J connectivity index is 2.09. The SMILES string of the molecule is CC(=O)C1(C)C=Cc2[nH]nc(-c3ccnc(C)c3)c2C1. The highest BCUT2D eigenvalue weighted by atomic mass is 16.1. The number of H-pyrrole nitrogens is 1. The molecule has 0 aliphatic heterocycles. The van der Waals surface area contributed by atoms with Gasteiger partial charge < -0.3 is 0 Å². The summed E-state index contributed by atoms with van der Waals surface area (Å²) in [6, 6.07) is 3.97. The van der Waals surface area contributed by atoms with Gasteiger partial charge in [-0.3, -0.25) is 14.9 Å². The van der Waals surface area contributed by atoms with Crippen molar-refractivity contribution in [2.45, 2.75) is 27.2 Å². The lowest BCUT2D eigenvalue weighted by Gasteiger charge is -2.26. The van der Waals surface area contributed by atoms with Crippen molar-refractivity contribution in [3.63, 3.8) is 0 Å². The summed E-state index contributed by atoms with van der Waals surface area (Å²) in [5, 5.41) is 7.47. The molecule has 4 nitrogen and oxygen atoms in total. The highest BCUT2D eigenvalue weighted by Gasteiger charge is 2.33. The molecule has 1 unspecified atom stereocenters. The fourth-order valence-electron chi connectivity index (χ4n) is 2.56. The number of fused-ring (bicyclic) bond motifs is 1. The second-order valence-electron chi connectivity index (χ2n) is 5.63. The number of carbonyl (C=O) groups is 1. The summed E-state index contributed by atoms with van der Waals surface area (Å²) in [6.45, 7) is 5.58. The van der Waals surface area contributed by atoms with E-state index < -0.39 is 5.41 Å². The monoisotopic (exact) mass is 267 g/mol. The molecule has 2 aromatic rings. The van der Waals surface area contributed by atoms with Crippen LogP contribution in [0.5, 0.6) is 0 Å². The molecule has 3 rings (SSSR count). The Morgan fingerprint density at radius 2 is 2.25 bits per heavy atom. The Bertz CT molecular complexity index is 714. The molecule has 1 aliphatic rings. The van der Waals surface area contributed by atoms with Gasteiger partial charge in [0, 0.05) is 28.4 Å². The van der Waals surface area contributed by atoms with Crippen molar-refractivity contribution in [3.8, 4) is 11.3 Å².